The molecule has 1 rings (SSSR count). The average molecular weight is 157 g/mol. The molecule has 11 heavy (non-hydrogen) atoms. The lowest BCUT2D eigenvalue weighted by molar-refractivity contribution is -0.122. The number of hydrogen-bond acceptors (Lipinski definition) is 1. The van der Waals surface area contributed by atoms with Crippen LogP contribution in [-0.4, -0.2) is 12.5 Å². The van der Waals surface area contributed by atoms with E-state index < -0.39 is 0 Å². The summed E-state index contributed by atoms with van der Waals surface area (Å²) in [4.78, 5) is 10.9. The molecule has 0 bridgehead atoms. The van der Waals surface area contributed by atoms with Gasteiger partial charge in [0.1, 0.15) is 0 Å². The zero-order valence-electron chi connectivity index (χ0n) is 7.98. The maximum absolute atomic E-state index is 10.9. The number of carbonyl (C=O) groups excluding carboxylic acids is 1. The summed E-state index contributed by atoms with van der Waals surface area (Å²) in [6.07, 6.45) is 0.979. The van der Waals surface area contributed by atoms with Crippen molar-refractivity contribution in [2.24, 2.45) is 11.8 Å². The molecule has 0 saturated carbocycles. The van der Waals surface area contributed by atoms with Gasteiger partial charge in [0.05, 0.1) is 0 Å². The van der Waals surface area contributed by atoms with E-state index in [1.807, 2.05) is 13.8 Å². The molecule has 2 unspecified atom stereocenters. The van der Waals surface area contributed by atoms with E-state index in [4.69, 9.17) is 0 Å². The summed E-state index contributed by atoms with van der Waals surface area (Å²) in [5, 5.41) is 2.83. The van der Waals surface area contributed by atoms with Crippen molar-refractivity contribution in [3.63, 3.8) is 0 Å². The maximum atomic E-state index is 10.9. The fraction of sp³-hybridized carbons (Fsp3) is 0.889. The molecule has 1 aliphatic heterocycles. The van der Waals surface area contributed by atoms with E-state index in [9.17, 15) is 4.79 Å². The number of hydrogen-bond donors (Lipinski definition) is 1. The van der Waals surface area contributed by atoms with E-state index in [0.29, 0.717) is 5.92 Å². The first kappa shape index (κ1) is 10.5. The summed E-state index contributed by atoms with van der Waals surface area (Å²) in [7, 11) is 0. The number of nitrogens with one attached hydrogen (secondary N) is 1. The summed E-state index contributed by atoms with van der Waals surface area (Å²) in [6, 6.07) is 0. The maximum Gasteiger partial charge on any atom is 0.223 e. The van der Waals surface area contributed by atoms with Gasteiger partial charge in [-0.05, 0) is 12.3 Å². The molecular weight excluding hydrogens is 138 g/mol. The standard InChI is InChI=1S/C7H13NO.C2H6/c1-3-6-5(2)4-8-7(6)9;1-2/h5-6H,3-4H2,1-2H3,(H,8,9);1-2H3. The summed E-state index contributed by atoms with van der Waals surface area (Å²) in [5.74, 6) is 1.07. The Morgan fingerprint density at radius 1 is 1.55 bits per heavy atom. The second-order valence-corrected chi connectivity index (χ2v) is 2.74. The largest absolute Gasteiger partial charge is 0.356 e. The van der Waals surface area contributed by atoms with Crippen molar-refractivity contribution in [2.45, 2.75) is 34.1 Å². The Labute approximate surface area is 69.4 Å². The smallest absolute Gasteiger partial charge is 0.223 e. The van der Waals surface area contributed by atoms with Crippen LogP contribution in [-0.2, 0) is 4.79 Å². The van der Waals surface area contributed by atoms with Crippen LogP contribution in [0.5, 0.6) is 0 Å². The highest BCUT2D eigenvalue weighted by atomic mass is 16.2. The van der Waals surface area contributed by atoms with Crippen LogP contribution < -0.4 is 5.32 Å². The molecule has 66 valence electrons. The molecule has 2 atom stereocenters. The van der Waals surface area contributed by atoms with Crippen LogP contribution in [0.25, 0.3) is 0 Å². The van der Waals surface area contributed by atoms with E-state index in [0.717, 1.165) is 13.0 Å². The summed E-state index contributed by atoms with van der Waals surface area (Å²) in [5.41, 5.74) is 0. The summed E-state index contributed by atoms with van der Waals surface area (Å²) in [6.45, 7) is 9.05. The van der Waals surface area contributed by atoms with Gasteiger partial charge in [0.2, 0.25) is 5.91 Å². The first-order valence-electron chi connectivity index (χ1n) is 4.53. The quantitative estimate of drug-likeness (QED) is 0.618. The highest BCUT2D eigenvalue weighted by Crippen LogP contribution is 2.19. The SMILES string of the molecule is CC.CCC1C(=O)NCC1C. The van der Waals surface area contributed by atoms with Crippen molar-refractivity contribution in [1.29, 1.82) is 0 Å². The summed E-state index contributed by atoms with van der Waals surface area (Å²) >= 11 is 0. The van der Waals surface area contributed by atoms with E-state index in [-0.39, 0.29) is 11.8 Å². The van der Waals surface area contributed by atoms with E-state index >= 15 is 0 Å². The third kappa shape index (κ3) is 2.52. The molecule has 0 radical (unpaired) electrons. The van der Waals surface area contributed by atoms with Crippen LogP contribution in [0.3, 0.4) is 0 Å². The van der Waals surface area contributed by atoms with Gasteiger partial charge in [-0.2, -0.15) is 0 Å². The van der Waals surface area contributed by atoms with Crippen LogP contribution in [0, 0.1) is 11.8 Å². The second-order valence-electron chi connectivity index (χ2n) is 2.74. The van der Waals surface area contributed by atoms with E-state index in [1.165, 1.54) is 0 Å². The van der Waals surface area contributed by atoms with Gasteiger partial charge in [0.25, 0.3) is 0 Å². The van der Waals surface area contributed by atoms with Gasteiger partial charge in [0.15, 0.2) is 0 Å². The lowest BCUT2D eigenvalue weighted by Gasteiger charge is -2.06. The highest BCUT2D eigenvalue weighted by Gasteiger charge is 2.28. The zero-order chi connectivity index (χ0) is 8.85. The minimum absolute atomic E-state index is 0.241. The van der Waals surface area contributed by atoms with Gasteiger partial charge in [-0.25, -0.2) is 0 Å². The Hall–Kier alpha value is -0.530. The highest BCUT2D eigenvalue weighted by molar-refractivity contribution is 5.80. The monoisotopic (exact) mass is 157 g/mol. The lowest BCUT2D eigenvalue weighted by atomic mass is 9.95. The Morgan fingerprint density at radius 2 is 2.09 bits per heavy atom. The lowest BCUT2D eigenvalue weighted by Crippen LogP contribution is -2.18. The molecule has 1 aliphatic rings. The Bertz CT molecular complexity index is 123. The normalized spacial score (nSPS) is 28.9. The van der Waals surface area contributed by atoms with Gasteiger partial charge in [-0.3, -0.25) is 4.79 Å². The van der Waals surface area contributed by atoms with Crippen LogP contribution in [0.15, 0.2) is 0 Å². The van der Waals surface area contributed by atoms with Crippen molar-refractivity contribution in [2.75, 3.05) is 6.54 Å². The zero-order valence-corrected chi connectivity index (χ0v) is 7.98. The third-order valence-electron chi connectivity index (χ3n) is 2.06. The molecular formula is C9H19NO. The molecule has 0 spiro atoms. The fourth-order valence-corrected chi connectivity index (χ4v) is 1.38. The molecule has 0 aliphatic carbocycles. The Morgan fingerprint density at radius 3 is 2.27 bits per heavy atom. The second kappa shape index (κ2) is 5.16. The van der Waals surface area contributed by atoms with Crippen LogP contribution in [0.4, 0.5) is 0 Å². The van der Waals surface area contributed by atoms with Crippen LogP contribution in [0.1, 0.15) is 34.1 Å². The van der Waals surface area contributed by atoms with E-state index in [1.54, 1.807) is 0 Å². The number of carbonyl (C=O) groups is 1. The molecule has 0 aromatic carbocycles. The van der Waals surface area contributed by atoms with Gasteiger partial charge >= 0.3 is 0 Å². The Kier molecular flexibility index (Phi) is 4.92. The average Bonchev–Trinajstić information content (AvgIpc) is 2.35. The van der Waals surface area contributed by atoms with Crippen molar-refractivity contribution in [3.05, 3.63) is 0 Å². The number of amides is 1. The van der Waals surface area contributed by atoms with Gasteiger partial charge in [-0.1, -0.05) is 27.7 Å². The molecule has 1 heterocycles. The van der Waals surface area contributed by atoms with Crippen molar-refractivity contribution < 1.29 is 4.79 Å². The molecule has 0 aromatic heterocycles. The summed E-state index contributed by atoms with van der Waals surface area (Å²) < 4.78 is 0. The van der Waals surface area contributed by atoms with Gasteiger partial charge in [0, 0.05) is 12.5 Å². The van der Waals surface area contributed by atoms with Crippen molar-refractivity contribution in [3.8, 4) is 0 Å². The first-order valence-corrected chi connectivity index (χ1v) is 4.53. The molecule has 1 amide bonds. The molecule has 1 N–H and O–H groups in total. The van der Waals surface area contributed by atoms with Crippen LogP contribution >= 0.6 is 0 Å². The van der Waals surface area contributed by atoms with E-state index in [2.05, 4.69) is 19.2 Å². The van der Waals surface area contributed by atoms with Gasteiger partial charge < -0.3 is 5.32 Å². The Balaban J connectivity index is 0.000000461. The minimum Gasteiger partial charge on any atom is -0.356 e. The molecule has 1 saturated heterocycles. The topological polar surface area (TPSA) is 29.1 Å². The predicted octanol–water partition coefficient (Wildman–Crippen LogP) is 1.80. The molecule has 1 fully saturated rings. The number of rotatable bonds is 1. The third-order valence-corrected chi connectivity index (χ3v) is 2.06. The molecule has 2 heteroatoms. The minimum atomic E-state index is 0.241. The fourth-order valence-electron chi connectivity index (χ4n) is 1.38. The van der Waals surface area contributed by atoms with Crippen LogP contribution in [0.2, 0.25) is 0 Å². The predicted molar refractivity (Wildman–Crippen MR) is 47.3 cm³/mol. The van der Waals surface area contributed by atoms with Crippen molar-refractivity contribution >= 4 is 5.91 Å². The van der Waals surface area contributed by atoms with Gasteiger partial charge in [-0.15, -0.1) is 0 Å². The molecule has 0 aromatic rings. The van der Waals surface area contributed by atoms with Crippen molar-refractivity contribution in [1.82, 2.24) is 5.32 Å². The first-order chi connectivity index (χ1) is 5.25. The molecule has 2 nitrogen and oxygen atoms in total.